The molecule has 2 bridgehead atoms. The molecule has 3 rings (SSSR count). The summed E-state index contributed by atoms with van der Waals surface area (Å²) < 4.78 is 4.76. The summed E-state index contributed by atoms with van der Waals surface area (Å²) >= 11 is 0. The number of rotatable bonds is 1. The molecule has 15 heavy (non-hydrogen) atoms. The number of methoxy groups -OCH3 is 1. The smallest absolute Gasteiger partial charge is 0.311 e. The molecule has 4 nitrogen and oxygen atoms in total. The van der Waals surface area contributed by atoms with E-state index in [4.69, 9.17) is 4.74 Å². The Hall–Kier alpha value is -1.32. The van der Waals surface area contributed by atoms with Crippen molar-refractivity contribution in [2.45, 2.75) is 19.4 Å². The van der Waals surface area contributed by atoms with E-state index >= 15 is 0 Å². The first-order valence-electron chi connectivity index (χ1n) is 5.17. The van der Waals surface area contributed by atoms with Gasteiger partial charge in [-0.15, -0.1) is 0 Å². The minimum atomic E-state index is -0.208. The Bertz CT molecular complexity index is 324. The first kappa shape index (κ1) is 10.2. The van der Waals surface area contributed by atoms with Gasteiger partial charge in [-0.3, -0.25) is 9.59 Å². The third kappa shape index (κ3) is 1.64. The average molecular weight is 209 g/mol. The molecule has 0 aromatic carbocycles. The molecule has 0 saturated carbocycles. The Labute approximate surface area is 88.9 Å². The molecule has 0 radical (unpaired) electrons. The zero-order chi connectivity index (χ0) is 11.0. The molecule has 0 spiro atoms. The summed E-state index contributed by atoms with van der Waals surface area (Å²) in [6.07, 6.45) is 4.86. The fourth-order valence-electron chi connectivity index (χ4n) is 2.51. The first-order chi connectivity index (χ1) is 7.13. The second kappa shape index (κ2) is 3.68. The van der Waals surface area contributed by atoms with Crippen LogP contribution in [0.1, 0.15) is 13.3 Å². The molecule has 2 heterocycles. The van der Waals surface area contributed by atoms with Crippen LogP contribution in [0.4, 0.5) is 0 Å². The average Bonchev–Trinajstić information content (AvgIpc) is 2.28. The minimum absolute atomic E-state index is 0.0305. The molecular weight excluding hydrogens is 194 g/mol. The van der Waals surface area contributed by atoms with Gasteiger partial charge in [-0.05, 0) is 12.3 Å². The summed E-state index contributed by atoms with van der Waals surface area (Å²) in [7, 11) is 1.40. The summed E-state index contributed by atoms with van der Waals surface area (Å²) in [4.78, 5) is 24.7. The van der Waals surface area contributed by atoms with E-state index in [0.29, 0.717) is 5.92 Å². The number of ether oxygens (including phenoxy) is 1. The summed E-state index contributed by atoms with van der Waals surface area (Å²) in [6, 6.07) is -0.0973. The van der Waals surface area contributed by atoms with E-state index in [-0.39, 0.29) is 23.8 Å². The number of hydrogen-bond donors (Lipinski definition) is 0. The molecular formula is C11H15NO3. The molecule has 0 aromatic rings. The summed E-state index contributed by atoms with van der Waals surface area (Å²) in [5, 5.41) is 0. The lowest BCUT2D eigenvalue weighted by Gasteiger charge is -2.44. The highest BCUT2D eigenvalue weighted by atomic mass is 16.5. The maximum atomic E-state index is 11.5. The maximum Gasteiger partial charge on any atom is 0.311 e. The summed E-state index contributed by atoms with van der Waals surface area (Å²) in [5.41, 5.74) is 0. The molecule has 3 aliphatic rings. The van der Waals surface area contributed by atoms with E-state index < -0.39 is 0 Å². The van der Waals surface area contributed by atoms with E-state index in [1.807, 2.05) is 6.08 Å². The number of piperidine rings is 1. The van der Waals surface area contributed by atoms with Gasteiger partial charge in [0.05, 0.1) is 19.1 Å². The van der Waals surface area contributed by atoms with Crippen molar-refractivity contribution < 1.29 is 14.3 Å². The fraction of sp³-hybridized carbons (Fsp3) is 0.636. The molecule has 2 aliphatic heterocycles. The van der Waals surface area contributed by atoms with Crippen molar-refractivity contribution >= 4 is 11.9 Å². The highest BCUT2D eigenvalue weighted by molar-refractivity contribution is 5.78. The lowest BCUT2D eigenvalue weighted by atomic mass is 9.77. The van der Waals surface area contributed by atoms with Crippen molar-refractivity contribution in [1.82, 2.24) is 4.90 Å². The van der Waals surface area contributed by atoms with Crippen LogP contribution in [-0.2, 0) is 14.3 Å². The van der Waals surface area contributed by atoms with Gasteiger partial charge in [0.2, 0.25) is 5.91 Å². The van der Waals surface area contributed by atoms with Crippen molar-refractivity contribution in [1.29, 1.82) is 0 Å². The van der Waals surface area contributed by atoms with Crippen LogP contribution in [0.5, 0.6) is 0 Å². The molecule has 0 aromatic heterocycles. The minimum Gasteiger partial charge on any atom is -0.469 e. The quantitative estimate of drug-likeness (QED) is 0.469. The monoisotopic (exact) mass is 209 g/mol. The molecule has 0 N–H and O–H groups in total. The van der Waals surface area contributed by atoms with Gasteiger partial charge in [-0.2, -0.15) is 0 Å². The Kier molecular flexibility index (Phi) is 2.50. The lowest BCUT2D eigenvalue weighted by Crippen LogP contribution is -2.54. The number of carbonyl (C=O) groups is 2. The SMILES string of the molecule is COC(=O)C1CC2C=CC1N(C(C)=O)C2. The van der Waals surface area contributed by atoms with Crippen molar-refractivity contribution in [3.63, 3.8) is 0 Å². The van der Waals surface area contributed by atoms with Crippen LogP contribution in [0.25, 0.3) is 0 Å². The van der Waals surface area contributed by atoms with E-state index in [1.54, 1.807) is 11.8 Å². The molecule has 3 unspecified atom stereocenters. The predicted octanol–water partition coefficient (Wildman–Crippen LogP) is 0.582. The Morgan fingerprint density at radius 2 is 2.13 bits per heavy atom. The van der Waals surface area contributed by atoms with Crippen LogP contribution in [0.15, 0.2) is 12.2 Å². The van der Waals surface area contributed by atoms with Gasteiger partial charge in [0.15, 0.2) is 0 Å². The topological polar surface area (TPSA) is 46.6 Å². The normalized spacial score (nSPS) is 32.9. The summed E-state index contributed by atoms with van der Waals surface area (Å²) in [6.45, 7) is 2.28. The molecule has 1 saturated heterocycles. The highest BCUT2D eigenvalue weighted by Gasteiger charge is 2.42. The van der Waals surface area contributed by atoms with Crippen molar-refractivity contribution in [2.24, 2.45) is 11.8 Å². The Balaban J connectivity index is 2.21. The second-order valence-corrected chi connectivity index (χ2v) is 4.17. The maximum absolute atomic E-state index is 11.5. The Morgan fingerprint density at radius 3 is 2.67 bits per heavy atom. The van der Waals surface area contributed by atoms with Crippen LogP contribution < -0.4 is 0 Å². The van der Waals surface area contributed by atoms with Crippen molar-refractivity contribution in [3.8, 4) is 0 Å². The molecule has 3 atom stereocenters. The molecule has 82 valence electrons. The van der Waals surface area contributed by atoms with Gasteiger partial charge in [0, 0.05) is 13.5 Å². The second-order valence-electron chi connectivity index (χ2n) is 4.17. The lowest BCUT2D eigenvalue weighted by molar-refractivity contribution is -0.152. The highest BCUT2D eigenvalue weighted by Crippen LogP contribution is 2.34. The molecule has 1 fully saturated rings. The van der Waals surface area contributed by atoms with Crippen LogP contribution >= 0.6 is 0 Å². The predicted molar refractivity (Wildman–Crippen MR) is 53.9 cm³/mol. The van der Waals surface area contributed by atoms with E-state index in [9.17, 15) is 9.59 Å². The van der Waals surface area contributed by atoms with Gasteiger partial charge in [0.25, 0.3) is 0 Å². The number of carbonyl (C=O) groups excluding carboxylic acids is 2. The largest absolute Gasteiger partial charge is 0.469 e. The molecule has 4 heteroatoms. The van der Waals surface area contributed by atoms with Crippen LogP contribution in [0, 0.1) is 11.8 Å². The molecule has 1 amide bonds. The van der Waals surface area contributed by atoms with Gasteiger partial charge in [-0.1, -0.05) is 12.2 Å². The van der Waals surface area contributed by atoms with Crippen molar-refractivity contribution in [3.05, 3.63) is 12.2 Å². The standard InChI is InChI=1S/C11H15NO3/c1-7(13)12-6-8-3-4-10(12)9(5-8)11(14)15-2/h3-4,8-10H,5-6H2,1-2H3. The van der Waals surface area contributed by atoms with Crippen molar-refractivity contribution in [2.75, 3.05) is 13.7 Å². The number of nitrogens with zero attached hydrogens (tertiary/aromatic N) is 1. The van der Waals surface area contributed by atoms with Crippen LogP contribution in [0.3, 0.4) is 0 Å². The van der Waals surface area contributed by atoms with E-state index in [1.165, 1.54) is 7.11 Å². The third-order valence-corrected chi connectivity index (χ3v) is 3.25. The van der Waals surface area contributed by atoms with Crippen LogP contribution in [0.2, 0.25) is 0 Å². The number of fused-ring (bicyclic) bond motifs is 2. The number of hydrogen-bond acceptors (Lipinski definition) is 3. The zero-order valence-corrected chi connectivity index (χ0v) is 8.97. The number of amides is 1. The van der Waals surface area contributed by atoms with E-state index in [0.717, 1.165) is 13.0 Å². The molecule has 1 aliphatic carbocycles. The third-order valence-electron chi connectivity index (χ3n) is 3.25. The van der Waals surface area contributed by atoms with Gasteiger partial charge in [-0.25, -0.2) is 0 Å². The van der Waals surface area contributed by atoms with E-state index in [2.05, 4.69) is 6.08 Å². The number of esters is 1. The summed E-state index contributed by atoms with van der Waals surface area (Å²) in [5.74, 6) is -0.0473. The van der Waals surface area contributed by atoms with Gasteiger partial charge in [0.1, 0.15) is 0 Å². The fourth-order valence-corrected chi connectivity index (χ4v) is 2.51. The Morgan fingerprint density at radius 1 is 1.40 bits per heavy atom. The van der Waals surface area contributed by atoms with Gasteiger partial charge < -0.3 is 9.64 Å². The zero-order valence-electron chi connectivity index (χ0n) is 8.97. The van der Waals surface area contributed by atoms with Gasteiger partial charge >= 0.3 is 5.97 Å². The first-order valence-corrected chi connectivity index (χ1v) is 5.17. The van der Waals surface area contributed by atoms with Crippen LogP contribution in [-0.4, -0.2) is 36.5 Å².